The topological polar surface area (TPSA) is 106 Å². The van der Waals surface area contributed by atoms with Gasteiger partial charge < -0.3 is 10.1 Å². The Morgan fingerprint density at radius 3 is 2.73 bits per heavy atom. The Labute approximate surface area is 172 Å². The standard InChI is InChI=1S/C22H16N6O2/c1-15-19(14-26-28(15)20-7-2-3-10-24-20)22(29)27-17-8-9-21(25-13-17)30-18-6-4-5-16(11-18)12-23/h2-11,13-14H,1H3,(H,27,29). The van der Waals surface area contributed by atoms with Crippen LogP contribution in [0, 0.1) is 18.3 Å². The second-order valence-electron chi connectivity index (χ2n) is 6.32. The fourth-order valence-corrected chi connectivity index (χ4v) is 2.81. The molecule has 0 atom stereocenters. The van der Waals surface area contributed by atoms with Gasteiger partial charge in [-0.15, -0.1) is 0 Å². The second-order valence-corrected chi connectivity index (χ2v) is 6.32. The van der Waals surface area contributed by atoms with Crippen LogP contribution in [-0.2, 0) is 0 Å². The molecule has 146 valence electrons. The molecule has 0 spiro atoms. The number of pyridine rings is 2. The van der Waals surface area contributed by atoms with E-state index in [4.69, 9.17) is 10.00 Å². The third-order valence-electron chi connectivity index (χ3n) is 4.30. The minimum absolute atomic E-state index is 0.299. The van der Waals surface area contributed by atoms with Crippen molar-refractivity contribution in [3.8, 4) is 23.5 Å². The Bertz CT molecular complexity index is 1230. The van der Waals surface area contributed by atoms with Gasteiger partial charge in [-0.2, -0.15) is 10.4 Å². The van der Waals surface area contributed by atoms with Gasteiger partial charge in [-0.05, 0) is 43.3 Å². The monoisotopic (exact) mass is 396 g/mol. The Morgan fingerprint density at radius 1 is 1.10 bits per heavy atom. The molecule has 1 amide bonds. The number of hydrogen-bond acceptors (Lipinski definition) is 6. The third kappa shape index (κ3) is 4.00. The second kappa shape index (κ2) is 8.24. The van der Waals surface area contributed by atoms with Crippen LogP contribution in [0.1, 0.15) is 21.6 Å². The molecule has 1 N–H and O–H groups in total. The average molecular weight is 396 g/mol. The number of aromatic nitrogens is 4. The molecule has 8 heteroatoms. The van der Waals surface area contributed by atoms with Gasteiger partial charge in [0, 0.05) is 12.3 Å². The summed E-state index contributed by atoms with van der Waals surface area (Å²) in [6, 6.07) is 17.7. The predicted molar refractivity (Wildman–Crippen MR) is 110 cm³/mol. The molecule has 0 saturated carbocycles. The number of nitrogens with one attached hydrogen (secondary N) is 1. The van der Waals surface area contributed by atoms with Crippen molar-refractivity contribution >= 4 is 11.6 Å². The van der Waals surface area contributed by atoms with Gasteiger partial charge in [0.1, 0.15) is 5.75 Å². The molecule has 3 heterocycles. The number of benzene rings is 1. The van der Waals surface area contributed by atoms with Crippen LogP contribution in [0.4, 0.5) is 5.69 Å². The Kier molecular flexibility index (Phi) is 5.17. The van der Waals surface area contributed by atoms with E-state index in [2.05, 4.69) is 26.5 Å². The van der Waals surface area contributed by atoms with E-state index < -0.39 is 0 Å². The van der Waals surface area contributed by atoms with Crippen LogP contribution < -0.4 is 10.1 Å². The molecule has 4 aromatic rings. The zero-order valence-corrected chi connectivity index (χ0v) is 16.0. The molecule has 0 bridgehead atoms. The number of rotatable bonds is 5. The minimum Gasteiger partial charge on any atom is -0.439 e. The van der Waals surface area contributed by atoms with Crippen LogP contribution in [0.25, 0.3) is 5.82 Å². The first-order valence-corrected chi connectivity index (χ1v) is 9.05. The molecule has 0 aliphatic rings. The lowest BCUT2D eigenvalue weighted by molar-refractivity contribution is 0.102. The Hall–Kier alpha value is -4.51. The van der Waals surface area contributed by atoms with Crippen molar-refractivity contribution < 1.29 is 9.53 Å². The zero-order chi connectivity index (χ0) is 20.9. The molecule has 1 aromatic carbocycles. The van der Waals surface area contributed by atoms with Gasteiger partial charge >= 0.3 is 0 Å². The highest BCUT2D eigenvalue weighted by molar-refractivity contribution is 6.04. The van der Waals surface area contributed by atoms with Gasteiger partial charge in [-0.25, -0.2) is 14.6 Å². The predicted octanol–water partition coefficient (Wildman–Crippen LogP) is 3.89. The number of carbonyl (C=O) groups is 1. The van der Waals surface area contributed by atoms with Gasteiger partial charge in [-0.1, -0.05) is 12.1 Å². The molecule has 0 aliphatic heterocycles. The first-order valence-electron chi connectivity index (χ1n) is 9.05. The third-order valence-corrected chi connectivity index (χ3v) is 4.30. The highest BCUT2D eigenvalue weighted by Gasteiger charge is 2.16. The summed E-state index contributed by atoms with van der Waals surface area (Å²) < 4.78 is 7.25. The molecule has 0 saturated heterocycles. The number of nitriles is 1. The van der Waals surface area contributed by atoms with Crippen molar-refractivity contribution in [1.82, 2.24) is 19.7 Å². The maximum Gasteiger partial charge on any atom is 0.259 e. The van der Waals surface area contributed by atoms with E-state index in [1.54, 1.807) is 54.2 Å². The van der Waals surface area contributed by atoms with Gasteiger partial charge in [0.25, 0.3) is 5.91 Å². The highest BCUT2D eigenvalue weighted by Crippen LogP contribution is 2.22. The van der Waals surface area contributed by atoms with Gasteiger partial charge in [0.2, 0.25) is 5.88 Å². The largest absolute Gasteiger partial charge is 0.439 e. The van der Waals surface area contributed by atoms with E-state index in [-0.39, 0.29) is 5.91 Å². The molecule has 0 aliphatic carbocycles. The summed E-state index contributed by atoms with van der Waals surface area (Å²) in [6.07, 6.45) is 4.67. The van der Waals surface area contributed by atoms with E-state index in [1.165, 1.54) is 12.4 Å². The summed E-state index contributed by atoms with van der Waals surface area (Å²) in [7, 11) is 0. The number of hydrogen-bond donors (Lipinski definition) is 1. The first-order chi connectivity index (χ1) is 14.6. The maximum atomic E-state index is 12.7. The Morgan fingerprint density at radius 2 is 2.00 bits per heavy atom. The average Bonchev–Trinajstić information content (AvgIpc) is 3.17. The summed E-state index contributed by atoms with van der Waals surface area (Å²) >= 11 is 0. The molecule has 3 aromatic heterocycles. The number of anilines is 1. The molecule has 0 radical (unpaired) electrons. The SMILES string of the molecule is Cc1c(C(=O)Nc2ccc(Oc3cccc(C#N)c3)nc2)cnn1-c1ccccn1. The summed E-state index contributed by atoms with van der Waals surface area (Å²) in [5.74, 6) is 1.20. The van der Waals surface area contributed by atoms with Crippen molar-refractivity contribution in [2.24, 2.45) is 0 Å². The lowest BCUT2D eigenvalue weighted by Gasteiger charge is -2.08. The Balaban J connectivity index is 1.45. The zero-order valence-electron chi connectivity index (χ0n) is 16.0. The molecule has 8 nitrogen and oxygen atoms in total. The van der Waals surface area contributed by atoms with Crippen LogP contribution >= 0.6 is 0 Å². The highest BCUT2D eigenvalue weighted by atomic mass is 16.5. The van der Waals surface area contributed by atoms with E-state index in [1.807, 2.05) is 18.2 Å². The van der Waals surface area contributed by atoms with Gasteiger partial charge in [0.15, 0.2) is 5.82 Å². The smallest absolute Gasteiger partial charge is 0.259 e. The van der Waals surface area contributed by atoms with Crippen molar-refractivity contribution in [2.75, 3.05) is 5.32 Å². The van der Waals surface area contributed by atoms with Gasteiger partial charge in [0.05, 0.1) is 41.0 Å². The fourth-order valence-electron chi connectivity index (χ4n) is 2.81. The van der Waals surface area contributed by atoms with E-state index in [9.17, 15) is 4.79 Å². The summed E-state index contributed by atoms with van der Waals surface area (Å²) in [5, 5.41) is 16.0. The van der Waals surface area contributed by atoms with Crippen molar-refractivity contribution in [3.63, 3.8) is 0 Å². The van der Waals surface area contributed by atoms with E-state index >= 15 is 0 Å². The minimum atomic E-state index is -0.299. The molecule has 30 heavy (non-hydrogen) atoms. The molecular formula is C22H16N6O2. The number of nitrogens with zero attached hydrogens (tertiary/aromatic N) is 5. The lowest BCUT2D eigenvalue weighted by Crippen LogP contribution is -2.13. The summed E-state index contributed by atoms with van der Waals surface area (Å²) in [6.45, 7) is 1.81. The molecule has 0 fully saturated rings. The summed E-state index contributed by atoms with van der Waals surface area (Å²) in [5.41, 5.74) is 2.13. The normalized spacial score (nSPS) is 10.3. The van der Waals surface area contributed by atoms with Crippen molar-refractivity contribution in [1.29, 1.82) is 5.26 Å². The first kappa shape index (κ1) is 18.8. The number of ether oxygens (including phenoxy) is 1. The molecule has 0 unspecified atom stereocenters. The number of amides is 1. The van der Waals surface area contributed by atoms with Gasteiger partial charge in [-0.3, -0.25) is 4.79 Å². The van der Waals surface area contributed by atoms with Crippen LogP contribution in [-0.4, -0.2) is 25.7 Å². The van der Waals surface area contributed by atoms with E-state index in [0.29, 0.717) is 40.0 Å². The summed E-state index contributed by atoms with van der Waals surface area (Å²) in [4.78, 5) is 21.1. The van der Waals surface area contributed by atoms with Crippen molar-refractivity contribution in [3.05, 3.63) is 90.0 Å². The van der Waals surface area contributed by atoms with Crippen molar-refractivity contribution in [2.45, 2.75) is 6.92 Å². The lowest BCUT2D eigenvalue weighted by atomic mass is 10.2. The van der Waals surface area contributed by atoms with Crippen LogP contribution in [0.15, 0.2) is 73.2 Å². The van der Waals surface area contributed by atoms with Crippen LogP contribution in [0.2, 0.25) is 0 Å². The fraction of sp³-hybridized carbons (Fsp3) is 0.0455. The quantitative estimate of drug-likeness (QED) is 0.549. The maximum absolute atomic E-state index is 12.7. The van der Waals surface area contributed by atoms with Crippen LogP contribution in [0.3, 0.4) is 0 Å². The molecular weight excluding hydrogens is 380 g/mol. The number of carbonyl (C=O) groups excluding carboxylic acids is 1. The van der Waals surface area contributed by atoms with Crippen LogP contribution in [0.5, 0.6) is 11.6 Å². The molecule has 4 rings (SSSR count). The van der Waals surface area contributed by atoms with E-state index in [0.717, 1.165) is 0 Å².